The number of imidazole rings is 1. The van der Waals surface area contributed by atoms with Crippen LogP contribution in [-0.2, 0) is 6.54 Å². The number of anilines is 1. The van der Waals surface area contributed by atoms with Gasteiger partial charge in [0.15, 0.2) is 5.01 Å². The highest BCUT2D eigenvalue weighted by molar-refractivity contribution is 7.11. The van der Waals surface area contributed by atoms with Crippen molar-refractivity contribution in [2.45, 2.75) is 31.6 Å². The second kappa shape index (κ2) is 7.04. The minimum Gasteiger partial charge on any atom is -0.340 e. The molecule has 0 saturated carbocycles. The van der Waals surface area contributed by atoms with E-state index in [9.17, 15) is 17.6 Å². The van der Waals surface area contributed by atoms with E-state index in [2.05, 4.69) is 15.2 Å². The Kier molecular flexibility index (Phi) is 4.72. The van der Waals surface area contributed by atoms with Gasteiger partial charge in [-0.1, -0.05) is 11.3 Å². The van der Waals surface area contributed by atoms with E-state index in [0.717, 1.165) is 11.3 Å². The van der Waals surface area contributed by atoms with Crippen molar-refractivity contribution in [2.75, 3.05) is 18.0 Å². The fourth-order valence-corrected chi connectivity index (χ4v) is 3.86. The standard InChI is InChI=1S/C16H16F4N6S/c17-8-1-2-11-12(5-8)26(7-13-23-24-15(27-13)14(19)20)16(22-11)25-4-3-9(18)10(21)6-25/h1-2,5,9-10,14H,3-4,6-7,21H2/t9?,10-/m1/s1. The number of alkyl halides is 3. The summed E-state index contributed by atoms with van der Waals surface area (Å²) < 4.78 is 54.8. The molecule has 4 rings (SSSR count). The first-order chi connectivity index (χ1) is 12.9. The Morgan fingerprint density at radius 3 is 2.81 bits per heavy atom. The highest BCUT2D eigenvalue weighted by atomic mass is 32.1. The average molecular weight is 400 g/mol. The summed E-state index contributed by atoms with van der Waals surface area (Å²) in [4.78, 5) is 6.35. The van der Waals surface area contributed by atoms with Gasteiger partial charge in [-0.05, 0) is 24.6 Å². The largest absolute Gasteiger partial charge is 0.340 e. The van der Waals surface area contributed by atoms with Gasteiger partial charge in [0.1, 0.15) is 17.0 Å². The molecule has 0 aliphatic carbocycles. The van der Waals surface area contributed by atoms with Crippen LogP contribution in [0, 0.1) is 5.82 Å². The lowest BCUT2D eigenvalue weighted by Gasteiger charge is -2.34. The zero-order valence-corrected chi connectivity index (χ0v) is 14.8. The second-order valence-electron chi connectivity index (χ2n) is 6.38. The molecule has 1 saturated heterocycles. The molecule has 1 aliphatic rings. The minimum absolute atomic E-state index is 0.102. The maximum atomic E-state index is 13.8. The van der Waals surface area contributed by atoms with Crippen molar-refractivity contribution in [1.29, 1.82) is 0 Å². The third-order valence-electron chi connectivity index (χ3n) is 4.51. The Morgan fingerprint density at radius 2 is 2.11 bits per heavy atom. The first-order valence-electron chi connectivity index (χ1n) is 8.33. The molecule has 11 heteroatoms. The molecule has 0 bridgehead atoms. The molecule has 3 aromatic rings. The Hall–Kier alpha value is -2.27. The SMILES string of the molecule is N[C@@H]1CN(c2nc3ccc(F)cc3n2Cc2nnc(C(F)F)s2)CCC1F. The molecule has 1 aromatic carbocycles. The first-order valence-corrected chi connectivity index (χ1v) is 9.15. The molecule has 1 aliphatic heterocycles. The third kappa shape index (κ3) is 3.48. The van der Waals surface area contributed by atoms with Crippen LogP contribution in [-0.4, -0.2) is 45.1 Å². The predicted octanol–water partition coefficient (Wildman–Crippen LogP) is 2.89. The molecule has 6 nitrogen and oxygen atoms in total. The molecule has 2 aromatic heterocycles. The quantitative estimate of drug-likeness (QED) is 0.682. The molecule has 0 radical (unpaired) electrons. The molecule has 2 N–H and O–H groups in total. The van der Waals surface area contributed by atoms with Crippen LogP contribution in [0.25, 0.3) is 11.0 Å². The van der Waals surface area contributed by atoms with E-state index in [4.69, 9.17) is 5.73 Å². The van der Waals surface area contributed by atoms with E-state index in [1.165, 1.54) is 18.2 Å². The van der Waals surface area contributed by atoms with Crippen molar-refractivity contribution in [3.8, 4) is 0 Å². The zero-order valence-electron chi connectivity index (χ0n) is 14.0. The van der Waals surface area contributed by atoms with Crippen molar-refractivity contribution < 1.29 is 17.6 Å². The minimum atomic E-state index is -2.70. The second-order valence-corrected chi connectivity index (χ2v) is 7.47. The van der Waals surface area contributed by atoms with Crippen LogP contribution in [0.4, 0.5) is 23.5 Å². The van der Waals surface area contributed by atoms with Gasteiger partial charge in [0.2, 0.25) is 5.95 Å². The molecular formula is C16H16F4N6S. The monoisotopic (exact) mass is 400 g/mol. The first kappa shape index (κ1) is 18.1. The normalized spacial score (nSPS) is 20.7. The van der Waals surface area contributed by atoms with Gasteiger partial charge < -0.3 is 15.2 Å². The number of rotatable bonds is 4. The summed E-state index contributed by atoms with van der Waals surface area (Å²) in [7, 11) is 0. The number of benzene rings is 1. The number of halogens is 4. The van der Waals surface area contributed by atoms with Gasteiger partial charge in [0, 0.05) is 13.1 Å². The van der Waals surface area contributed by atoms with Crippen LogP contribution in [0.1, 0.15) is 22.9 Å². The highest BCUT2D eigenvalue weighted by Crippen LogP contribution is 2.29. The van der Waals surface area contributed by atoms with Crippen LogP contribution in [0.5, 0.6) is 0 Å². The summed E-state index contributed by atoms with van der Waals surface area (Å²) >= 11 is 0.790. The average Bonchev–Trinajstić information content (AvgIpc) is 3.23. The van der Waals surface area contributed by atoms with E-state index in [0.29, 0.717) is 28.5 Å². The summed E-state index contributed by atoms with van der Waals surface area (Å²) in [6.07, 6.45) is -3.53. The number of nitrogens with zero attached hydrogens (tertiary/aromatic N) is 5. The van der Waals surface area contributed by atoms with Crippen molar-refractivity contribution in [2.24, 2.45) is 5.73 Å². The highest BCUT2D eigenvalue weighted by Gasteiger charge is 2.29. The molecule has 3 heterocycles. The molecule has 1 fully saturated rings. The molecule has 27 heavy (non-hydrogen) atoms. The fraction of sp³-hybridized carbons (Fsp3) is 0.438. The number of hydrogen-bond acceptors (Lipinski definition) is 6. The predicted molar refractivity (Wildman–Crippen MR) is 93.4 cm³/mol. The third-order valence-corrected chi connectivity index (χ3v) is 5.42. The molecule has 0 amide bonds. The van der Waals surface area contributed by atoms with Gasteiger partial charge in [0.05, 0.1) is 23.6 Å². The number of fused-ring (bicyclic) bond motifs is 1. The van der Waals surface area contributed by atoms with Crippen LogP contribution in [0.3, 0.4) is 0 Å². The summed E-state index contributed by atoms with van der Waals surface area (Å²) in [5.41, 5.74) is 6.88. The molecule has 0 spiro atoms. The van der Waals surface area contributed by atoms with Crippen molar-refractivity contribution in [1.82, 2.24) is 19.7 Å². The number of aromatic nitrogens is 4. The molecule has 144 valence electrons. The number of piperidine rings is 1. The van der Waals surface area contributed by atoms with Gasteiger partial charge in [-0.2, -0.15) is 0 Å². The van der Waals surface area contributed by atoms with Crippen LogP contribution >= 0.6 is 11.3 Å². The van der Waals surface area contributed by atoms with Gasteiger partial charge in [-0.15, -0.1) is 10.2 Å². The number of hydrogen-bond donors (Lipinski definition) is 1. The topological polar surface area (TPSA) is 72.9 Å². The smallest absolute Gasteiger partial charge is 0.291 e. The summed E-state index contributed by atoms with van der Waals surface area (Å²) in [5, 5.41) is 7.26. The van der Waals surface area contributed by atoms with Crippen molar-refractivity contribution >= 4 is 28.3 Å². The van der Waals surface area contributed by atoms with Crippen LogP contribution in [0.2, 0.25) is 0 Å². The van der Waals surface area contributed by atoms with E-state index < -0.39 is 24.5 Å². The Balaban J connectivity index is 1.75. The van der Waals surface area contributed by atoms with Gasteiger partial charge in [-0.25, -0.2) is 22.5 Å². The summed E-state index contributed by atoms with van der Waals surface area (Å²) in [6, 6.07) is 3.50. The van der Waals surface area contributed by atoms with Crippen molar-refractivity contribution in [3.05, 3.63) is 34.0 Å². The number of nitrogens with two attached hydrogens (primary N) is 1. The van der Waals surface area contributed by atoms with E-state index in [1.54, 1.807) is 4.57 Å². The maximum Gasteiger partial charge on any atom is 0.291 e. The van der Waals surface area contributed by atoms with Gasteiger partial charge in [0.25, 0.3) is 6.43 Å². The maximum absolute atomic E-state index is 13.8. The lowest BCUT2D eigenvalue weighted by Crippen LogP contribution is -2.50. The zero-order chi connectivity index (χ0) is 19.1. The van der Waals surface area contributed by atoms with E-state index in [1.807, 2.05) is 4.90 Å². The van der Waals surface area contributed by atoms with Crippen LogP contribution in [0.15, 0.2) is 18.2 Å². The van der Waals surface area contributed by atoms with Gasteiger partial charge in [-0.3, -0.25) is 0 Å². The lowest BCUT2D eigenvalue weighted by atomic mass is 10.1. The van der Waals surface area contributed by atoms with E-state index in [-0.39, 0.29) is 24.5 Å². The Labute approximate surface area is 155 Å². The molecule has 1 unspecified atom stereocenters. The van der Waals surface area contributed by atoms with Gasteiger partial charge >= 0.3 is 0 Å². The Morgan fingerprint density at radius 1 is 1.30 bits per heavy atom. The fourth-order valence-electron chi connectivity index (χ4n) is 3.17. The summed E-state index contributed by atoms with van der Waals surface area (Å²) in [6.45, 7) is 0.759. The Bertz CT molecular complexity index is 958. The molecule has 2 atom stereocenters. The van der Waals surface area contributed by atoms with Crippen LogP contribution < -0.4 is 10.6 Å². The van der Waals surface area contributed by atoms with E-state index >= 15 is 0 Å². The molecular weight excluding hydrogens is 384 g/mol. The van der Waals surface area contributed by atoms with Crippen molar-refractivity contribution in [3.63, 3.8) is 0 Å². The summed E-state index contributed by atoms with van der Waals surface area (Å²) in [5.74, 6) is 0.0339. The lowest BCUT2D eigenvalue weighted by molar-refractivity contribution is 0.150.